The van der Waals surface area contributed by atoms with Crippen molar-refractivity contribution in [2.24, 2.45) is 0 Å². The fourth-order valence-corrected chi connectivity index (χ4v) is 3.73. The summed E-state index contributed by atoms with van der Waals surface area (Å²) in [7, 11) is -3.53. The maximum absolute atomic E-state index is 13.1. The van der Waals surface area contributed by atoms with Crippen LogP contribution in [0.5, 0.6) is 5.75 Å². The summed E-state index contributed by atoms with van der Waals surface area (Å²) in [6.07, 6.45) is 1.67. The number of nitrogens with one attached hydrogen (secondary N) is 1. The van der Waals surface area contributed by atoms with Crippen LogP contribution in [0.2, 0.25) is 0 Å². The Labute approximate surface area is 171 Å². The van der Waals surface area contributed by atoms with Crippen LogP contribution < -0.4 is 14.4 Å². The fourth-order valence-electron chi connectivity index (χ4n) is 2.77. The number of halogens is 1. The van der Waals surface area contributed by atoms with E-state index in [4.69, 9.17) is 4.74 Å². The number of carbonyl (C=O) groups excluding carboxylic acids is 1. The Morgan fingerprint density at radius 1 is 1.17 bits per heavy atom. The maximum Gasteiger partial charge on any atom is 0.232 e. The molecule has 1 N–H and O–H groups in total. The smallest absolute Gasteiger partial charge is 0.232 e. The molecular weight excluding hydrogens is 395 g/mol. The Balaban J connectivity index is 1.85. The lowest BCUT2D eigenvalue weighted by atomic mass is 10.2. The molecular formula is C21H27FN2O4S. The monoisotopic (exact) mass is 422 g/mol. The predicted octanol–water partition coefficient (Wildman–Crippen LogP) is 3.48. The first-order chi connectivity index (χ1) is 13.6. The highest BCUT2D eigenvalue weighted by molar-refractivity contribution is 7.92. The average Bonchev–Trinajstić information content (AvgIpc) is 2.63. The number of sulfonamides is 1. The number of hydrogen-bond donors (Lipinski definition) is 1. The summed E-state index contributed by atoms with van der Waals surface area (Å²) in [5, 5.41) is 2.83. The molecule has 6 nitrogen and oxygen atoms in total. The van der Waals surface area contributed by atoms with E-state index in [2.05, 4.69) is 5.32 Å². The molecule has 0 aliphatic heterocycles. The van der Waals surface area contributed by atoms with Crippen molar-refractivity contribution in [2.75, 3.05) is 17.1 Å². The molecule has 0 saturated heterocycles. The summed E-state index contributed by atoms with van der Waals surface area (Å²) >= 11 is 0. The molecule has 2 aromatic carbocycles. The first kappa shape index (κ1) is 22.7. The SMILES string of the molecule is CC(C)Oc1cccc(CNC(=O)CCCN(c2ccc(F)cc2)S(C)(=O)=O)c1. The van der Waals surface area contributed by atoms with Crippen LogP contribution in [0.3, 0.4) is 0 Å². The summed E-state index contributed by atoms with van der Waals surface area (Å²) in [6.45, 7) is 4.39. The van der Waals surface area contributed by atoms with Gasteiger partial charge in [0.15, 0.2) is 0 Å². The molecule has 158 valence electrons. The number of nitrogens with zero attached hydrogens (tertiary/aromatic N) is 1. The highest BCUT2D eigenvalue weighted by atomic mass is 32.2. The van der Waals surface area contributed by atoms with Crippen molar-refractivity contribution >= 4 is 21.6 Å². The molecule has 2 rings (SSSR count). The van der Waals surface area contributed by atoms with Crippen LogP contribution in [-0.2, 0) is 21.4 Å². The van der Waals surface area contributed by atoms with Gasteiger partial charge in [0.2, 0.25) is 15.9 Å². The summed E-state index contributed by atoms with van der Waals surface area (Å²) < 4.78 is 44.0. The van der Waals surface area contributed by atoms with Gasteiger partial charge >= 0.3 is 0 Å². The molecule has 0 bridgehead atoms. The third kappa shape index (κ3) is 7.73. The van der Waals surface area contributed by atoms with Gasteiger partial charge in [-0.25, -0.2) is 12.8 Å². The summed E-state index contributed by atoms with van der Waals surface area (Å²) in [5.41, 5.74) is 1.29. The zero-order valence-electron chi connectivity index (χ0n) is 16.9. The minimum atomic E-state index is -3.53. The second-order valence-corrected chi connectivity index (χ2v) is 8.91. The van der Waals surface area contributed by atoms with E-state index in [1.807, 2.05) is 38.1 Å². The Morgan fingerprint density at radius 2 is 1.86 bits per heavy atom. The molecule has 8 heteroatoms. The summed E-state index contributed by atoms with van der Waals surface area (Å²) in [5.74, 6) is 0.132. The van der Waals surface area contributed by atoms with E-state index in [0.717, 1.165) is 17.6 Å². The van der Waals surface area contributed by atoms with Crippen molar-refractivity contribution in [3.63, 3.8) is 0 Å². The topological polar surface area (TPSA) is 75.7 Å². The lowest BCUT2D eigenvalue weighted by Crippen LogP contribution is -2.32. The van der Waals surface area contributed by atoms with E-state index in [9.17, 15) is 17.6 Å². The van der Waals surface area contributed by atoms with Crippen molar-refractivity contribution < 1.29 is 22.3 Å². The lowest BCUT2D eigenvalue weighted by Gasteiger charge is -2.22. The molecule has 0 radical (unpaired) electrons. The van der Waals surface area contributed by atoms with Crippen LogP contribution in [-0.4, -0.2) is 33.2 Å². The second-order valence-electron chi connectivity index (χ2n) is 7.01. The molecule has 0 fully saturated rings. The van der Waals surface area contributed by atoms with Crippen molar-refractivity contribution in [1.82, 2.24) is 5.32 Å². The number of carbonyl (C=O) groups is 1. The van der Waals surface area contributed by atoms with Gasteiger partial charge in [0.05, 0.1) is 18.0 Å². The molecule has 0 aromatic heterocycles. The van der Waals surface area contributed by atoms with Crippen LogP contribution >= 0.6 is 0 Å². The third-order valence-corrected chi connectivity index (χ3v) is 5.23. The van der Waals surface area contributed by atoms with E-state index in [0.29, 0.717) is 18.7 Å². The molecule has 0 heterocycles. The highest BCUT2D eigenvalue weighted by Gasteiger charge is 2.17. The van der Waals surface area contributed by atoms with Crippen LogP contribution in [0.25, 0.3) is 0 Å². The Hall–Kier alpha value is -2.61. The maximum atomic E-state index is 13.1. The van der Waals surface area contributed by atoms with Crippen LogP contribution in [0, 0.1) is 5.82 Å². The van der Waals surface area contributed by atoms with Gasteiger partial charge in [0.25, 0.3) is 0 Å². The van der Waals surface area contributed by atoms with Crippen molar-refractivity contribution in [2.45, 2.75) is 39.3 Å². The van der Waals surface area contributed by atoms with Crippen LogP contribution in [0.4, 0.5) is 10.1 Å². The molecule has 29 heavy (non-hydrogen) atoms. The number of benzene rings is 2. The number of anilines is 1. The van der Waals surface area contributed by atoms with Gasteiger partial charge in [0, 0.05) is 19.5 Å². The van der Waals surface area contributed by atoms with Gasteiger partial charge in [-0.05, 0) is 62.2 Å². The summed E-state index contributed by atoms with van der Waals surface area (Å²) in [6, 6.07) is 12.7. The Bertz CT molecular complexity index is 915. The van der Waals surface area contributed by atoms with Crippen LogP contribution in [0.15, 0.2) is 48.5 Å². The number of ether oxygens (including phenoxy) is 1. The van der Waals surface area contributed by atoms with Gasteiger partial charge in [-0.2, -0.15) is 0 Å². The molecule has 1 amide bonds. The van der Waals surface area contributed by atoms with E-state index in [-0.39, 0.29) is 25.0 Å². The molecule has 0 saturated carbocycles. The van der Waals surface area contributed by atoms with E-state index >= 15 is 0 Å². The first-order valence-electron chi connectivity index (χ1n) is 9.41. The fraction of sp³-hybridized carbons (Fsp3) is 0.381. The highest BCUT2D eigenvalue weighted by Crippen LogP contribution is 2.19. The molecule has 0 aliphatic carbocycles. The van der Waals surface area contributed by atoms with Gasteiger partial charge < -0.3 is 10.1 Å². The zero-order chi connectivity index (χ0) is 21.4. The van der Waals surface area contributed by atoms with E-state index < -0.39 is 15.8 Å². The number of hydrogen-bond acceptors (Lipinski definition) is 4. The minimum Gasteiger partial charge on any atom is -0.491 e. The standard InChI is InChI=1S/C21H27FN2O4S/c1-16(2)28-20-7-4-6-17(14-20)15-23-21(25)8-5-13-24(29(3,26)27)19-11-9-18(22)10-12-19/h4,6-7,9-12,14,16H,5,8,13,15H2,1-3H3,(H,23,25). The first-order valence-corrected chi connectivity index (χ1v) is 11.3. The van der Waals surface area contributed by atoms with E-state index in [1.54, 1.807) is 0 Å². The minimum absolute atomic E-state index is 0.0683. The average molecular weight is 423 g/mol. The van der Waals surface area contributed by atoms with Crippen LogP contribution in [0.1, 0.15) is 32.3 Å². The van der Waals surface area contributed by atoms with Crippen molar-refractivity contribution in [3.8, 4) is 5.75 Å². The summed E-state index contributed by atoms with van der Waals surface area (Å²) in [4.78, 5) is 12.1. The zero-order valence-corrected chi connectivity index (χ0v) is 17.7. The molecule has 0 atom stereocenters. The molecule has 2 aromatic rings. The quantitative estimate of drug-likeness (QED) is 0.636. The normalized spacial score (nSPS) is 11.3. The molecule has 0 spiro atoms. The second kappa shape index (κ2) is 10.2. The Morgan fingerprint density at radius 3 is 2.48 bits per heavy atom. The lowest BCUT2D eigenvalue weighted by molar-refractivity contribution is -0.121. The van der Waals surface area contributed by atoms with Gasteiger partial charge in [-0.15, -0.1) is 0 Å². The predicted molar refractivity (Wildman–Crippen MR) is 112 cm³/mol. The molecule has 0 unspecified atom stereocenters. The number of rotatable bonds is 10. The largest absolute Gasteiger partial charge is 0.491 e. The van der Waals surface area contributed by atoms with Gasteiger partial charge in [-0.1, -0.05) is 12.1 Å². The Kier molecular flexibility index (Phi) is 8.01. The van der Waals surface area contributed by atoms with E-state index in [1.165, 1.54) is 28.6 Å². The molecule has 0 aliphatic rings. The van der Waals surface area contributed by atoms with Crippen molar-refractivity contribution in [3.05, 3.63) is 59.9 Å². The third-order valence-electron chi connectivity index (χ3n) is 4.04. The van der Waals surface area contributed by atoms with Crippen molar-refractivity contribution in [1.29, 1.82) is 0 Å². The number of amides is 1. The van der Waals surface area contributed by atoms with Gasteiger partial charge in [0.1, 0.15) is 11.6 Å². The van der Waals surface area contributed by atoms with Gasteiger partial charge in [-0.3, -0.25) is 9.10 Å².